The van der Waals surface area contributed by atoms with Gasteiger partial charge in [0.25, 0.3) is 0 Å². The summed E-state index contributed by atoms with van der Waals surface area (Å²) in [5, 5.41) is 7.37. The van der Waals surface area contributed by atoms with Gasteiger partial charge in [-0.1, -0.05) is 39.2 Å². The van der Waals surface area contributed by atoms with Crippen molar-refractivity contribution in [2.24, 2.45) is 5.92 Å². The molecule has 2 heterocycles. The molecule has 0 bridgehead atoms. The smallest absolute Gasteiger partial charge is 0.309 e. The second-order valence-corrected chi connectivity index (χ2v) is 14.4. The second kappa shape index (κ2) is 12.7. The fourth-order valence-corrected chi connectivity index (χ4v) is 6.91. The van der Waals surface area contributed by atoms with Crippen LogP contribution in [0.1, 0.15) is 139 Å². The number of hydrogen-bond donors (Lipinski definition) is 2. The molecule has 210 valence electrons. The van der Waals surface area contributed by atoms with Crippen molar-refractivity contribution in [1.82, 2.24) is 10.6 Å². The van der Waals surface area contributed by atoms with Gasteiger partial charge in [0.2, 0.25) is 0 Å². The Bertz CT molecular complexity index is 693. The van der Waals surface area contributed by atoms with Gasteiger partial charge >= 0.3 is 5.97 Å². The molecule has 2 fully saturated rings. The molecular formula is C31H58N2O3. The van der Waals surface area contributed by atoms with Crippen LogP contribution in [0.3, 0.4) is 0 Å². The van der Waals surface area contributed by atoms with Crippen molar-refractivity contribution in [3.8, 4) is 0 Å². The van der Waals surface area contributed by atoms with Crippen LogP contribution in [0.5, 0.6) is 0 Å². The summed E-state index contributed by atoms with van der Waals surface area (Å²) in [6.07, 6.45) is 12.5. The Morgan fingerprint density at radius 1 is 0.750 bits per heavy atom. The van der Waals surface area contributed by atoms with Crippen LogP contribution in [0, 0.1) is 5.92 Å². The Kier molecular flexibility index (Phi) is 10.9. The molecule has 2 aliphatic heterocycles. The molecule has 2 aliphatic rings. The third-order valence-corrected chi connectivity index (χ3v) is 7.76. The van der Waals surface area contributed by atoms with E-state index in [1.165, 1.54) is 19.3 Å². The van der Waals surface area contributed by atoms with Gasteiger partial charge in [0, 0.05) is 54.3 Å². The van der Waals surface area contributed by atoms with Crippen molar-refractivity contribution in [3.05, 3.63) is 12.3 Å². The van der Waals surface area contributed by atoms with Crippen LogP contribution in [-0.2, 0) is 14.3 Å². The van der Waals surface area contributed by atoms with Gasteiger partial charge in [-0.25, -0.2) is 0 Å². The Hall–Kier alpha value is -1.07. The van der Waals surface area contributed by atoms with E-state index in [1.54, 1.807) is 0 Å². The Balaban J connectivity index is 1.60. The lowest BCUT2D eigenvalue weighted by atomic mass is 9.81. The van der Waals surface area contributed by atoms with E-state index in [0.29, 0.717) is 0 Å². The highest BCUT2D eigenvalue weighted by atomic mass is 16.5. The largest absolute Gasteiger partial charge is 0.495 e. The third kappa shape index (κ3) is 11.1. The number of ether oxygens (including phenoxy) is 2. The SMILES string of the molecule is C=C(CCCCCCCC(CC)C(=O)OC1CC(C)(C)NC(C)(C)C1)OC1CC(C)(C)NC(C)(C)C1. The summed E-state index contributed by atoms with van der Waals surface area (Å²) < 4.78 is 12.3. The van der Waals surface area contributed by atoms with Gasteiger partial charge in [-0.2, -0.15) is 0 Å². The lowest BCUT2D eigenvalue weighted by molar-refractivity contribution is -0.158. The fraction of sp³-hybridized carbons (Fsp3) is 0.903. The van der Waals surface area contributed by atoms with E-state index in [1.807, 2.05) is 0 Å². The number of allylic oxidation sites excluding steroid dienone is 1. The lowest BCUT2D eigenvalue weighted by Gasteiger charge is -2.46. The molecule has 2 N–H and O–H groups in total. The van der Waals surface area contributed by atoms with E-state index in [2.05, 4.69) is 79.5 Å². The maximum Gasteiger partial charge on any atom is 0.309 e. The van der Waals surface area contributed by atoms with Gasteiger partial charge in [-0.3, -0.25) is 4.79 Å². The van der Waals surface area contributed by atoms with Gasteiger partial charge in [0.15, 0.2) is 0 Å². The minimum atomic E-state index is -0.00839. The number of hydrogen-bond acceptors (Lipinski definition) is 5. The molecule has 0 amide bonds. The van der Waals surface area contributed by atoms with Gasteiger partial charge in [-0.05, 0) is 74.7 Å². The Morgan fingerprint density at radius 2 is 1.17 bits per heavy atom. The number of carbonyl (C=O) groups is 1. The number of nitrogens with one attached hydrogen (secondary N) is 2. The van der Waals surface area contributed by atoms with Gasteiger partial charge in [0.1, 0.15) is 12.2 Å². The predicted molar refractivity (Wildman–Crippen MR) is 151 cm³/mol. The Morgan fingerprint density at radius 3 is 1.64 bits per heavy atom. The molecule has 36 heavy (non-hydrogen) atoms. The average molecular weight is 507 g/mol. The summed E-state index contributed by atoms with van der Waals surface area (Å²) in [5.74, 6) is 0.970. The molecule has 0 aromatic rings. The highest BCUT2D eigenvalue weighted by Crippen LogP contribution is 2.33. The second-order valence-electron chi connectivity index (χ2n) is 14.4. The topological polar surface area (TPSA) is 59.6 Å². The summed E-state index contributed by atoms with van der Waals surface area (Å²) >= 11 is 0. The van der Waals surface area contributed by atoms with Gasteiger partial charge in [0.05, 0.1) is 11.7 Å². The molecule has 0 aromatic carbocycles. The van der Waals surface area contributed by atoms with Crippen LogP contribution in [0.2, 0.25) is 0 Å². The molecule has 2 saturated heterocycles. The molecule has 5 heteroatoms. The van der Waals surface area contributed by atoms with E-state index >= 15 is 0 Å². The van der Waals surface area contributed by atoms with Crippen molar-refractivity contribution in [2.75, 3.05) is 0 Å². The minimum absolute atomic E-state index is 0.00807. The van der Waals surface area contributed by atoms with Crippen LogP contribution >= 0.6 is 0 Å². The van der Waals surface area contributed by atoms with E-state index in [0.717, 1.165) is 63.5 Å². The zero-order valence-corrected chi connectivity index (χ0v) is 25.1. The first kappa shape index (κ1) is 31.1. The van der Waals surface area contributed by atoms with E-state index in [-0.39, 0.29) is 46.3 Å². The quantitative estimate of drug-likeness (QED) is 0.154. The maximum absolute atomic E-state index is 12.9. The highest BCUT2D eigenvalue weighted by molar-refractivity contribution is 5.72. The number of carbonyl (C=O) groups excluding carboxylic acids is 1. The molecule has 0 spiro atoms. The molecule has 1 unspecified atom stereocenters. The van der Waals surface area contributed by atoms with Crippen LogP contribution in [0.15, 0.2) is 12.3 Å². The normalized spacial score (nSPS) is 24.1. The van der Waals surface area contributed by atoms with Crippen LogP contribution < -0.4 is 10.6 Å². The molecule has 5 nitrogen and oxygen atoms in total. The molecule has 0 aliphatic carbocycles. The first-order valence-corrected chi connectivity index (χ1v) is 14.7. The minimum Gasteiger partial charge on any atom is -0.495 e. The Labute approximate surface area is 222 Å². The van der Waals surface area contributed by atoms with Gasteiger partial charge < -0.3 is 20.1 Å². The van der Waals surface area contributed by atoms with Crippen LogP contribution in [-0.4, -0.2) is 40.3 Å². The number of piperidine rings is 2. The first-order valence-electron chi connectivity index (χ1n) is 14.7. The number of esters is 1. The van der Waals surface area contributed by atoms with Crippen molar-refractivity contribution < 1.29 is 14.3 Å². The van der Waals surface area contributed by atoms with Gasteiger partial charge in [-0.15, -0.1) is 0 Å². The monoisotopic (exact) mass is 506 g/mol. The number of rotatable bonds is 13. The van der Waals surface area contributed by atoms with Crippen molar-refractivity contribution in [2.45, 2.75) is 174 Å². The maximum atomic E-state index is 12.9. The molecule has 0 aromatic heterocycles. The standard InChI is InChI=1S/C31H58N2O3/c1-11-24(27(34)36-26-21-30(7,8)33-31(9,10)22-26)18-16-14-12-13-15-17-23(2)35-25-19-28(3,4)32-29(5,6)20-25/h24-26,32-33H,2,11-22H2,1,3-10H3. The lowest BCUT2D eigenvalue weighted by Crippen LogP contribution is -2.59. The molecule has 0 radical (unpaired) electrons. The fourth-order valence-electron chi connectivity index (χ4n) is 6.91. The summed E-state index contributed by atoms with van der Waals surface area (Å²) in [5.41, 5.74) is 0.170. The third-order valence-electron chi connectivity index (χ3n) is 7.76. The summed E-state index contributed by atoms with van der Waals surface area (Å²) in [6.45, 7) is 24.1. The molecule has 2 rings (SSSR count). The molecule has 0 saturated carbocycles. The molecular weight excluding hydrogens is 448 g/mol. The summed E-state index contributed by atoms with van der Waals surface area (Å²) in [7, 11) is 0. The van der Waals surface area contributed by atoms with Crippen LogP contribution in [0.25, 0.3) is 0 Å². The van der Waals surface area contributed by atoms with E-state index in [9.17, 15) is 4.79 Å². The van der Waals surface area contributed by atoms with E-state index in [4.69, 9.17) is 9.47 Å². The van der Waals surface area contributed by atoms with E-state index < -0.39 is 0 Å². The number of unbranched alkanes of at least 4 members (excludes halogenated alkanes) is 4. The zero-order valence-electron chi connectivity index (χ0n) is 25.1. The van der Waals surface area contributed by atoms with Crippen LogP contribution in [0.4, 0.5) is 0 Å². The van der Waals surface area contributed by atoms with Crippen molar-refractivity contribution in [3.63, 3.8) is 0 Å². The highest BCUT2D eigenvalue weighted by Gasteiger charge is 2.40. The van der Waals surface area contributed by atoms with Crippen molar-refractivity contribution in [1.29, 1.82) is 0 Å². The first-order chi connectivity index (χ1) is 16.5. The summed E-state index contributed by atoms with van der Waals surface area (Å²) in [6, 6.07) is 0. The zero-order chi connectivity index (χ0) is 27.2. The van der Waals surface area contributed by atoms with Crippen molar-refractivity contribution >= 4 is 5.97 Å². The molecule has 1 atom stereocenters. The predicted octanol–water partition coefficient (Wildman–Crippen LogP) is 7.44. The summed E-state index contributed by atoms with van der Waals surface area (Å²) in [4.78, 5) is 12.9. The average Bonchev–Trinajstić information content (AvgIpc) is 2.64.